The molecule has 0 aliphatic carbocycles. The maximum Gasteiger partial charge on any atom is 0.332 e. The van der Waals surface area contributed by atoms with Crippen molar-refractivity contribution in [3.63, 3.8) is 0 Å². The number of imidazole rings is 1. The Morgan fingerprint density at radius 2 is 1.85 bits per heavy atom. The monoisotopic (exact) mass is 377 g/mol. The van der Waals surface area contributed by atoms with Crippen LogP contribution < -0.4 is 29.0 Å². The molecule has 1 atom stereocenters. The van der Waals surface area contributed by atoms with Gasteiger partial charge in [-0.1, -0.05) is 30.3 Å². The van der Waals surface area contributed by atoms with Crippen LogP contribution in [-0.2, 0) is 27.1 Å². The van der Waals surface area contributed by atoms with Gasteiger partial charge < -0.3 is 22.3 Å². The summed E-state index contributed by atoms with van der Waals surface area (Å²) < 4.78 is 4.40. The summed E-state index contributed by atoms with van der Waals surface area (Å²) in [6.07, 6.45) is 2.51. The van der Waals surface area contributed by atoms with Crippen molar-refractivity contribution in [3.8, 4) is 0 Å². The molecule has 0 aliphatic heterocycles. The second kappa shape index (κ2) is 8.33. The molecule has 0 bridgehead atoms. The lowest BCUT2D eigenvalue weighted by Gasteiger charge is -2.12. The average molecular weight is 378 g/mol. The minimum Gasteiger partial charge on any atom is -1.00 e. The Hall–Kier alpha value is -2.38. The smallest absolute Gasteiger partial charge is 0.332 e. The van der Waals surface area contributed by atoms with Crippen LogP contribution in [0, 0.1) is 0 Å². The first-order valence-corrected chi connectivity index (χ1v) is 8.47. The van der Waals surface area contributed by atoms with Crippen LogP contribution in [0.1, 0.15) is 12.5 Å². The van der Waals surface area contributed by atoms with Crippen LogP contribution >= 0.6 is 0 Å². The molecule has 140 valence electrons. The Kier molecular flexibility index (Phi) is 6.39. The van der Waals surface area contributed by atoms with Gasteiger partial charge in [0.15, 0.2) is 11.2 Å². The van der Waals surface area contributed by atoms with Gasteiger partial charge in [-0.3, -0.25) is 13.9 Å². The fraction of sp³-hybridized carbons (Fsp3) is 0.389. The minimum atomic E-state index is -0.319. The summed E-state index contributed by atoms with van der Waals surface area (Å²) in [6, 6.07) is 10.7. The highest BCUT2D eigenvalue weighted by Gasteiger charge is 2.15. The van der Waals surface area contributed by atoms with Crippen LogP contribution in [0.3, 0.4) is 0 Å². The van der Waals surface area contributed by atoms with Gasteiger partial charge in [-0.15, -0.1) is 0 Å². The standard InChI is InChI=1S/C18H23N5O2.ClH/c1-13(11-14-7-5-4-6-8-14)19-9-10-23-17(24)15-16(20-12-21(15)2)22(3)18(23)25;/h4-8,12-13,19H,9-11H2,1-3H3;1H. The molecule has 0 aliphatic rings. The Balaban J connectivity index is 0.00000243. The number of rotatable bonds is 6. The molecule has 3 aromatic rings. The lowest BCUT2D eigenvalue weighted by Crippen LogP contribution is -3.00. The third-order valence-corrected chi connectivity index (χ3v) is 4.52. The summed E-state index contributed by atoms with van der Waals surface area (Å²) in [5, 5.41) is 2.17. The number of benzene rings is 1. The largest absolute Gasteiger partial charge is 1.00 e. The first kappa shape index (κ1) is 19.9. The number of fused-ring (bicyclic) bond motifs is 1. The van der Waals surface area contributed by atoms with Crippen LogP contribution in [0.25, 0.3) is 11.2 Å². The highest BCUT2D eigenvalue weighted by Crippen LogP contribution is 2.02. The van der Waals surface area contributed by atoms with Crippen molar-refractivity contribution in [2.75, 3.05) is 6.54 Å². The van der Waals surface area contributed by atoms with E-state index in [0.717, 1.165) is 6.42 Å². The normalized spacial score (nSPS) is 12.1. The molecule has 0 radical (unpaired) electrons. The van der Waals surface area contributed by atoms with Crippen LogP contribution in [0.15, 0.2) is 46.2 Å². The van der Waals surface area contributed by atoms with E-state index in [4.69, 9.17) is 0 Å². The van der Waals surface area contributed by atoms with E-state index in [2.05, 4.69) is 29.4 Å². The highest BCUT2D eigenvalue weighted by molar-refractivity contribution is 5.69. The number of quaternary nitrogens is 1. The van der Waals surface area contributed by atoms with E-state index >= 15 is 0 Å². The number of aromatic nitrogens is 4. The van der Waals surface area contributed by atoms with Crippen LogP contribution in [-0.4, -0.2) is 31.3 Å². The summed E-state index contributed by atoms with van der Waals surface area (Å²) in [4.78, 5) is 29.2. The van der Waals surface area contributed by atoms with E-state index in [-0.39, 0.29) is 23.7 Å². The molecular weight excluding hydrogens is 354 g/mol. The number of halogens is 1. The summed E-state index contributed by atoms with van der Waals surface area (Å²) >= 11 is 0. The molecule has 0 fully saturated rings. The number of nitrogens with zero attached hydrogens (tertiary/aromatic N) is 4. The van der Waals surface area contributed by atoms with Gasteiger partial charge in [-0.25, -0.2) is 9.78 Å². The fourth-order valence-electron chi connectivity index (χ4n) is 3.15. The van der Waals surface area contributed by atoms with Crippen molar-refractivity contribution in [2.24, 2.45) is 14.1 Å². The van der Waals surface area contributed by atoms with Gasteiger partial charge in [0.1, 0.15) is 0 Å². The van der Waals surface area contributed by atoms with Crippen molar-refractivity contribution in [2.45, 2.75) is 25.9 Å². The second-order valence-electron chi connectivity index (χ2n) is 6.52. The molecule has 0 saturated heterocycles. The van der Waals surface area contributed by atoms with Crippen LogP contribution in [0.4, 0.5) is 0 Å². The number of nitrogens with two attached hydrogens (primary N) is 1. The first-order valence-electron chi connectivity index (χ1n) is 8.47. The van der Waals surface area contributed by atoms with E-state index in [0.29, 0.717) is 30.3 Å². The van der Waals surface area contributed by atoms with E-state index in [1.165, 1.54) is 14.7 Å². The van der Waals surface area contributed by atoms with Crippen LogP contribution in [0.2, 0.25) is 0 Å². The molecule has 7 nitrogen and oxygen atoms in total. The van der Waals surface area contributed by atoms with Gasteiger partial charge in [0.05, 0.1) is 25.5 Å². The van der Waals surface area contributed by atoms with Crippen molar-refractivity contribution >= 4 is 11.2 Å². The third kappa shape index (κ3) is 3.89. The zero-order valence-electron chi connectivity index (χ0n) is 15.2. The Morgan fingerprint density at radius 3 is 2.54 bits per heavy atom. The molecule has 26 heavy (non-hydrogen) atoms. The summed E-state index contributed by atoms with van der Waals surface area (Å²) in [5.74, 6) is 0. The predicted molar refractivity (Wildman–Crippen MR) is 96.6 cm³/mol. The van der Waals surface area contributed by atoms with Gasteiger partial charge in [-0.05, 0) is 12.5 Å². The molecular formula is C18H24ClN5O2. The predicted octanol–water partition coefficient (Wildman–Crippen LogP) is -3.37. The number of hydrogen-bond donors (Lipinski definition) is 1. The Morgan fingerprint density at radius 1 is 1.15 bits per heavy atom. The minimum absolute atomic E-state index is 0. The second-order valence-corrected chi connectivity index (χ2v) is 6.52. The van der Waals surface area contributed by atoms with E-state index in [1.54, 1.807) is 25.0 Å². The molecule has 0 saturated carbocycles. The van der Waals surface area contributed by atoms with Crippen molar-refractivity contribution in [1.29, 1.82) is 0 Å². The topological polar surface area (TPSA) is 78.4 Å². The molecule has 0 amide bonds. The third-order valence-electron chi connectivity index (χ3n) is 4.52. The molecule has 8 heteroatoms. The van der Waals surface area contributed by atoms with E-state index in [1.807, 2.05) is 18.2 Å². The molecule has 2 aromatic heterocycles. The van der Waals surface area contributed by atoms with Gasteiger partial charge in [0, 0.05) is 20.5 Å². The Bertz CT molecular complexity index is 990. The van der Waals surface area contributed by atoms with Crippen molar-refractivity contribution in [1.82, 2.24) is 18.7 Å². The van der Waals surface area contributed by atoms with Crippen LogP contribution in [0.5, 0.6) is 0 Å². The Labute approximate surface area is 157 Å². The lowest BCUT2D eigenvalue weighted by atomic mass is 10.1. The van der Waals surface area contributed by atoms with Gasteiger partial charge in [0.25, 0.3) is 5.56 Å². The highest BCUT2D eigenvalue weighted by atomic mass is 35.5. The van der Waals surface area contributed by atoms with E-state index in [9.17, 15) is 9.59 Å². The maximum absolute atomic E-state index is 12.6. The molecule has 2 heterocycles. The lowest BCUT2D eigenvalue weighted by molar-refractivity contribution is -0.686. The quantitative estimate of drug-likeness (QED) is 0.487. The first-order chi connectivity index (χ1) is 12.0. The molecule has 1 unspecified atom stereocenters. The van der Waals surface area contributed by atoms with Gasteiger partial charge in [-0.2, -0.15) is 0 Å². The summed E-state index contributed by atoms with van der Waals surface area (Å²) in [5.41, 5.74) is 1.58. The summed E-state index contributed by atoms with van der Waals surface area (Å²) in [6.45, 7) is 3.20. The molecule has 0 spiro atoms. The van der Waals surface area contributed by atoms with Gasteiger partial charge >= 0.3 is 5.69 Å². The average Bonchev–Trinajstić information content (AvgIpc) is 2.99. The summed E-state index contributed by atoms with van der Waals surface area (Å²) in [7, 11) is 3.41. The molecule has 1 aromatic carbocycles. The van der Waals surface area contributed by atoms with Gasteiger partial charge in [0.2, 0.25) is 0 Å². The number of hydrogen-bond acceptors (Lipinski definition) is 3. The SMILES string of the molecule is CC(Cc1ccccc1)[NH2+]CCn1c(=O)c2c(ncn2C)n(C)c1=O.[Cl-]. The number of aryl methyl sites for hydroxylation is 2. The fourth-order valence-corrected chi connectivity index (χ4v) is 3.15. The maximum atomic E-state index is 12.6. The van der Waals surface area contributed by atoms with Crippen molar-refractivity contribution < 1.29 is 17.7 Å². The zero-order chi connectivity index (χ0) is 18.0. The van der Waals surface area contributed by atoms with Crippen molar-refractivity contribution in [3.05, 3.63) is 63.1 Å². The molecule has 2 N–H and O–H groups in total. The molecule has 3 rings (SSSR count). The zero-order valence-corrected chi connectivity index (χ0v) is 16.0. The van der Waals surface area contributed by atoms with E-state index < -0.39 is 0 Å².